The minimum absolute atomic E-state index is 0.143. The summed E-state index contributed by atoms with van der Waals surface area (Å²) in [6.07, 6.45) is 0.256. The Morgan fingerprint density at radius 2 is 1.80 bits per heavy atom. The van der Waals surface area contributed by atoms with Crippen molar-refractivity contribution in [2.24, 2.45) is 5.73 Å². The molecule has 3 nitrogen and oxygen atoms in total. The molecule has 3 N–H and O–H groups in total. The molecule has 0 fully saturated rings. The molecule has 0 aliphatic rings. The first kappa shape index (κ1) is 14.9. The lowest BCUT2D eigenvalue weighted by atomic mass is 10.0. The molecule has 0 aromatic heterocycles. The highest BCUT2D eigenvalue weighted by molar-refractivity contribution is 6.36. The summed E-state index contributed by atoms with van der Waals surface area (Å²) in [6, 6.07) is 12.5. The molecule has 0 heterocycles. The van der Waals surface area contributed by atoms with E-state index in [4.69, 9.17) is 28.9 Å². The second kappa shape index (κ2) is 6.75. The third kappa shape index (κ3) is 3.73. The average molecular weight is 309 g/mol. The predicted molar refractivity (Wildman–Crippen MR) is 83.1 cm³/mol. The Hall–Kier alpha value is -1.55. The summed E-state index contributed by atoms with van der Waals surface area (Å²) in [5, 5.41) is 3.71. The van der Waals surface area contributed by atoms with E-state index in [1.165, 1.54) is 0 Å². The van der Waals surface area contributed by atoms with Crippen molar-refractivity contribution in [3.63, 3.8) is 0 Å². The highest BCUT2D eigenvalue weighted by Gasteiger charge is 2.09. The van der Waals surface area contributed by atoms with Gasteiger partial charge in [-0.15, -0.1) is 0 Å². The molecule has 2 aromatic carbocycles. The second-order valence-corrected chi connectivity index (χ2v) is 5.17. The number of halogens is 2. The third-order valence-corrected chi connectivity index (χ3v) is 3.44. The largest absolute Gasteiger partial charge is 0.326 e. The molecule has 0 unspecified atom stereocenters. The van der Waals surface area contributed by atoms with Gasteiger partial charge in [-0.1, -0.05) is 47.5 Å². The summed E-state index contributed by atoms with van der Waals surface area (Å²) in [5.74, 6) is -0.143. The van der Waals surface area contributed by atoms with Crippen LogP contribution in [0, 0.1) is 0 Å². The van der Waals surface area contributed by atoms with Crippen molar-refractivity contribution in [1.82, 2.24) is 0 Å². The van der Waals surface area contributed by atoms with Crippen molar-refractivity contribution >= 4 is 34.8 Å². The molecular formula is C15H14Cl2N2O. The van der Waals surface area contributed by atoms with Crippen LogP contribution in [0.2, 0.25) is 10.0 Å². The van der Waals surface area contributed by atoms with Crippen molar-refractivity contribution in [3.05, 3.63) is 63.6 Å². The number of hydrogen-bond acceptors (Lipinski definition) is 2. The van der Waals surface area contributed by atoms with Gasteiger partial charge in [0.1, 0.15) is 0 Å². The Morgan fingerprint density at radius 1 is 1.10 bits per heavy atom. The number of nitrogens with two attached hydrogens (primary N) is 1. The van der Waals surface area contributed by atoms with Gasteiger partial charge in [-0.05, 0) is 29.3 Å². The Kier molecular flexibility index (Phi) is 5.01. The van der Waals surface area contributed by atoms with Crippen LogP contribution >= 0.6 is 23.2 Å². The van der Waals surface area contributed by atoms with Crippen molar-refractivity contribution in [1.29, 1.82) is 0 Å². The smallest absolute Gasteiger partial charge is 0.228 e. The summed E-state index contributed by atoms with van der Waals surface area (Å²) in [7, 11) is 0. The van der Waals surface area contributed by atoms with Crippen molar-refractivity contribution in [2.75, 3.05) is 5.32 Å². The maximum atomic E-state index is 12.0. The average Bonchev–Trinajstić information content (AvgIpc) is 2.42. The van der Waals surface area contributed by atoms with Crippen LogP contribution in [0.25, 0.3) is 0 Å². The Morgan fingerprint density at radius 3 is 2.45 bits per heavy atom. The molecule has 104 valence electrons. The SMILES string of the molecule is NCc1ccccc1CC(=O)Nc1ccc(Cl)cc1Cl. The number of amides is 1. The van der Waals surface area contributed by atoms with Crippen LogP contribution in [-0.4, -0.2) is 5.91 Å². The minimum Gasteiger partial charge on any atom is -0.326 e. The fourth-order valence-corrected chi connectivity index (χ4v) is 2.34. The van der Waals surface area contributed by atoms with Gasteiger partial charge in [0.05, 0.1) is 17.1 Å². The molecule has 1 amide bonds. The fraction of sp³-hybridized carbons (Fsp3) is 0.133. The molecule has 0 spiro atoms. The Bertz CT molecular complexity index is 629. The summed E-state index contributed by atoms with van der Waals surface area (Å²) >= 11 is 11.8. The number of rotatable bonds is 4. The van der Waals surface area contributed by atoms with Gasteiger partial charge in [0.15, 0.2) is 0 Å². The first-order valence-corrected chi connectivity index (χ1v) is 6.87. The van der Waals surface area contributed by atoms with E-state index >= 15 is 0 Å². The standard InChI is InChI=1S/C15H14Cl2N2O/c16-12-5-6-14(13(17)8-12)19-15(20)7-10-3-1-2-4-11(10)9-18/h1-6,8H,7,9,18H2,(H,19,20). The van der Waals surface area contributed by atoms with E-state index in [-0.39, 0.29) is 12.3 Å². The molecule has 0 atom stereocenters. The Balaban J connectivity index is 2.09. The Labute approximate surface area is 127 Å². The summed E-state index contributed by atoms with van der Waals surface area (Å²) in [5.41, 5.74) is 8.08. The molecule has 2 aromatic rings. The maximum absolute atomic E-state index is 12.0. The summed E-state index contributed by atoms with van der Waals surface area (Å²) in [4.78, 5) is 12.0. The number of benzene rings is 2. The van der Waals surface area contributed by atoms with Gasteiger partial charge < -0.3 is 11.1 Å². The third-order valence-electron chi connectivity index (χ3n) is 2.89. The van der Waals surface area contributed by atoms with Crippen molar-refractivity contribution < 1.29 is 4.79 Å². The lowest BCUT2D eigenvalue weighted by Crippen LogP contribution is -2.16. The van der Waals surface area contributed by atoms with Gasteiger partial charge in [0.2, 0.25) is 5.91 Å². The number of hydrogen-bond donors (Lipinski definition) is 2. The molecule has 0 aliphatic heterocycles. The molecule has 0 bridgehead atoms. The van der Waals surface area contributed by atoms with Crippen molar-refractivity contribution in [3.8, 4) is 0 Å². The van der Waals surface area contributed by atoms with Gasteiger partial charge >= 0.3 is 0 Å². The topological polar surface area (TPSA) is 55.1 Å². The van der Waals surface area contributed by atoms with Crippen molar-refractivity contribution in [2.45, 2.75) is 13.0 Å². The van der Waals surface area contributed by atoms with E-state index in [0.717, 1.165) is 11.1 Å². The number of nitrogens with one attached hydrogen (secondary N) is 1. The number of carbonyl (C=O) groups excluding carboxylic acids is 1. The number of carbonyl (C=O) groups is 1. The van der Waals surface area contributed by atoms with Crippen LogP contribution in [0.1, 0.15) is 11.1 Å². The van der Waals surface area contributed by atoms with Crippen LogP contribution in [0.15, 0.2) is 42.5 Å². The molecule has 0 aliphatic carbocycles. The summed E-state index contributed by atoms with van der Waals surface area (Å²) in [6.45, 7) is 0.408. The minimum atomic E-state index is -0.143. The zero-order valence-corrected chi connectivity index (χ0v) is 12.2. The van der Waals surface area contributed by atoms with Crippen LogP contribution in [-0.2, 0) is 17.8 Å². The first-order chi connectivity index (χ1) is 9.60. The van der Waals surface area contributed by atoms with Gasteiger partial charge in [-0.3, -0.25) is 4.79 Å². The quantitative estimate of drug-likeness (QED) is 0.906. The molecule has 2 rings (SSSR count). The fourth-order valence-electron chi connectivity index (χ4n) is 1.89. The first-order valence-electron chi connectivity index (χ1n) is 6.12. The van der Waals surface area contributed by atoms with E-state index < -0.39 is 0 Å². The van der Waals surface area contributed by atoms with E-state index in [1.807, 2.05) is 24.3 Å². The van der Waals surface area contributed by atoms with Crippen LogP contribution < -0.4 is 11.1 Å². The zero-order valence-electron chi connectivity index (χ0n) is 10.7. The molecular weight excluding hydrogens is 295 g/mol. The van der Waals surface area contributed by atoms with Gasteiger partial charge in [0.25, 0.3) is 0 Å². The lowest BCUT2D eigenvalue weighted by Gasteiger charge is -2.10. The van der Waals surface area contributed by atoms with E-state index in [2.05, 4.69) is 5.32 Å². The summed E-state index contributed by atoms with van der Waals surface area (Å²) < 4.78 is 0. The monoisotopic (exact) mass is 308 g/mol. The molecule has 0 saturated heterocycles. The predicted octanol–water partition coefficient (Wildman–Crippen LogP) is 3.63. The maximum Gasteiger partial charge on any atom is 0.228 e. The van der Waals surface area contributed by atoms with Gasteiger partial charge in [-0.25, -0.2) is 0 Å². The van der Waals surface area contributed by atoms with Gasteiger partial charge in [-0.2, -0.15) is 0 Å². The molecule has 20 heavy (non-hydrogen) atoms. The van der Waals surface area contributed by atoms with Gasteiger partial charge in [0, 0.05) is 11.6 Å². The van der Waals surface area contributed by atoms with Crippen LogP contribution in [0.3, 0.4) is 0 Å². The zero-order chi connectivity index (χ0) is 14.5. The number of anilines is 1. The van der Waals surface area contributed by atoms with Crippen LogP contribution in [0.5, 0.6) is 0 Å². The highest BCUT2D eigenvalue weighted by Crippen LogP contribution is 2.25. The second-order valence-electron chi connectivity index (χ2n) is 4.32. The normalized spacial score (nSPS) is 10.3. The van der Waals surface area contributed by atoms with E-state index in [1.54, 1.807) is 18.2 Å². The molecule has 0 radical (unpaired) electrons. The van der Waals surface area contributed by atoms with E-state index in [9.17, 15) is 4.79 Å². The van der Waals surface area contributed by atoms with E-state index in [0.29, 0.717) is 22.3 Å². The van der Waals surface area contributed by atoms with Crippen LogP contribution in [0.4, 0.5) is 5.69 Å². The molecule has 0 saturated carbocycles. The lowest BCUT2D eigenvalue weighted by molar-refractivity contribution is -0.115. The highest BCUT2D eigenvalue weighted by atomic mass is 35.5. The molecule has 5 heteroatoms.